The number of thiazole rings is 1. The zero-order valence-electron chi connectivity index (χ0n) is 30.3. The fourth-order valence-electron chi connectivity index (χ4n) is 6.32. The average molecular weight is 757 g/mol. The van der Waals surface area contributed by atoms with Crippen LogP contribution in [-0.4, -0.2) is 96.5 Å². The van der Waals surface area contributed by atoms with E-state index in [-0.39, 0.29) is 42.8 Å². The first-order chi connectivity index (χ1) is 24.9. The topological polar surface area (TPSA) is 174 Å². The molecule has 1 heterocycles. The first-order valence-electron chi connectivity index (χ1n) is 17.7. The maximum atomic E-state index is 14.1. The SMILES string of the molecule is CC[C@H](C)[C@H](NC(=O)N(C)Cc1csc(COC)n1)C(=O)N[C@@H](Cc1ccccc1)[C@H](O)CN(CC1CCCC1)S(=O)(=O)c1ccc(/C=N/O)cc1. The number of benzene rings is 2. The average Bonchev–Trinajstić information content (AvgIpc) is 3.82. The molecule has 0 radical (unpaired) electrons. The number of methoxy groups -OCH3 is 1. The minimum Gasteiger partial charge on any atom is -0.411 e. The van der Waals surface area contributed by atoms with Gasteiger partial charge in [0.1, 0.15) is 11.0 Å². The molecule has 4 N–H and O–H groups in total. The Bertz CT molecular complexity index is 1700. The highest BCUT2D eigenvalue weighted by Crippen LogP contribution is 2.28. The van der Waals surface area contributed by atoms with E-state index in [2.05, 4.69) is 20.8 Å². The van der Waals surface area contributed by atoms with Crippen molar-refractivity contribution < 1.29 is 33.1 Å². The number of ether oxygens (including phenoxy) is 1. The number of rotatable bonds is 19. The van der Waals surface area contributed by atoms with Gasteiger partial charge in [-0.2, -0.15) is 4.31 Å². The van der Waals surface area contributed by atoms with Crippen LogP contribution >= 0.6 is 11.3 Å². The third-order valence-corrected chi connectivity index (χ3v) is 12.2. The minimum absolute atomic E-state index is 0.0488. The van der Waals surface area contributed by atoms with Crippen molar-refractivity contribution in [2.45, 2.75) is 88.6 Å². The molecule has 1 fully saturated rings. The quantitative estimate of drug-likeness (QED) is 0.0779. The lowest BCUT2D eigenvalue weighted by Crippen LogP contribution is -2.58. The molecular weight excluding hydrogens is 705 g/mol. The summed E-state index contributed by atoms with van der Waals surface area (Å²) in [6.07, 6.45) is 4.55. The molecule has 0 spiro atoms. The van der Waals surface area contributed by atoms with Crippen LogP contribution in [-0.2, 0) is 39.1 Å². The third kappa shape index (κ3) is 11.6. The van der Waals surface area contributed by atoms with Crippen molar-refractivity contribution >= 4 is 39.5 Å². The van der Waals surface area contributed by atoms with Crippen molar-refractivity contribution in [2.75, 3.05) is 27.2 Å². The maximum absolute atomic E-state index is 14.1. The molecule has 2 aromatic carbocycles. The van der Waals surface area contributed by atoms with Gasteiger partial charge < -0.3 is 30.6 Å². The molecule has 0 bridgehead atoms. The Labute approximate surface area is 311 Å². The fourth-order valence-corrected chi connectivity index (χ4v) is 8.61. The molecule has 1 aliphatic carbocycles. The maximum Gasteiger partial charge on any atom is 0.318 e. The summed E-state index contributed by atoms with van der Waals surface area (Å²) in [5.74, 6) is -0.584. The van der Waals surface area contributed by atoms with Gasteiger partial charge in [0.05, 0.1) is 42.1 Å². The summed E-state index contributed by atoms with van der Waals surface area (Å²) in [6, 6.07) is 13.1. The van der Waals surface area contributed by atoms with Crippen LogP contribution in [0.15, 0.2) is 70.0 Å². The van der Waals surface area contributed by atoms with E-state index in [0.29, 0.717) is 24.3 Å². The minimum atomic E-state index is -4.06. The van der Waals surface area contributed by atoms with Gasteiger partial charge in [-0.05, 0) is 54.4 Å². The van der Waals surface area contributed by atoms with E-state index in [4.69, 9.17) is 9.94 Å². The first kappa shape index (κ1) is 40.9. The molecule has 4 atom stereocenters. The van der Waals surface area contributed by atoms with E-state index < -0.39 is 40.1 Å². The van der Waals surface area contributed by atoms with Crippen LogP contribution in [0.2, 0.25) is 0 Å². The Kier molecular flexibility index (Phi) is 15.6. The molecule has 13 nitrogen and oxygen atoms in total. The van der Waals surface area contributed by atoms with E-state index in [1.807, 2.05) is 49.6 Å². The summed E-state index contributed by atoms with van der Waals surface area (Å²) in [7, 11) is -0.834. The standard InChI is InChI=1S/C37H52N6O7S2/c1-5-26(2)35(41-37(46)42(3)22-30-25-51-34(39-30)24-50-4)36(45)40-32(19-27-11-7-6-8-12-27)33(44)23-43(21-29-13-9-10-14-29)52(48,49)31-17-15-28(16-18-31)20-38-47/h6-8,11-12,15-18,20,25-26,29,32-33,35,44,47H,5,9-10,13-14,19,21-24H2,1-4H3,(H,40,45)(H,41,46)/b38-20+/t26-,32-,33+,35-/m0/s1. The molecule has 1 aromatic heterocycles. The normalized spacial score (nSPS) is 16.1. The van der Waals surface area contributed by atoms with E-state index in [9.17, 15) is 23.1 Å². The number of sulfonamides is 1. The fraction of sp³-hybridized carbons (Fsp3) is 0.514. The second kappa shape index (κ2) is 19.8. The van der Waals surface area contributed by atoms with Crippen LogP contribution in [0.5, 0.6) is 0 Å². The number of aliphatic hydroxyl groups is 1. The number of amides is 3. The van der Waals surface area contributed by atoms with Gasteiger partial charge in [-0.1, -0.05) is 80.7 Å². The lowest BCUT2D eigenvalue weighted by atomic mass is 9.96. The van der Waals surface area contributed by atoms with Crippen molar-refractivity contribution in [2.24, 2.45) is 17.0 Å². The highest BCUT2D eigenvalue weighted by Gasteiger charge is 2.35. The zero-order chi connectivity index (χ0) is 37.7. The summed E-state index contributed by atoms with van der Waals surface area (Å²) in [4.78, 5) is 33.5. The van der Waals surface area contributed by atoms with Gasteiger partial charge in [0.25, 0.3) is 0 Å². The van der Waals surface area contributed by atoms with Crippen molar-refractivity contribution in [3.8, 4) is 0 Å². The molecule has 1 saturated carbocycles. The van der Waals surface area contributed by atoms with Crippen LogP contribution in [0.25, 0.3) is 0 Å². The van der Waals surface area contributed by atoms with E-state index in [1.54, 1.807) is 26.3 Å². The molecule has 284 valence electrons. The molecule has 4 rings (SSSR count). The van der Waals surface area contributed by atoms with Gasteiger partial charge >= 0.3 is 6.03 Å². The van der Waals surface area contributed by atoms with Crippen LogP contribution < -0.4 is 10.6 Å². The molecule has 0 aliphatic heterocycles. The van der Waals surface area contributed by atoms with E-state index in [1.165, 1.54) is 38.9 Å². The van der Waals surface area contributed by atoms with E-state index in [0.717, 1.165) is 36.3 Å². The summed E-state index contributed by atoms with van der Waals surface area (Å²) in [5, 5.41) is 32.3. The monoisotopic (exact) mass is 756 g/mol. The van der Waals surface area contributed by atoms with Gasteiger partial charge in [-0.25, -0.2) is 18.2 Å². The Hall–Kier alpha value is -3.89. The smallest absolute Gasteiger partial charge is 0.318 e. The molecule has 3 aromatic rings. The van der Waals surface area contributed by atoms with Crippen LogP contribution in [0.1, 0.15) is 67.8 Å². The van der Waals surface area contributed by atoms with Gasteiger partial charge in [-0.3, -0.25) is 4.79 Å². The lowest BCUT2D eigenvalue weighted by molar-refractivity contribution is -0.125. The van der Waals surface area contributed by atoms with Crippen LogP contribution in [0, 0.1) is 11.8 Å². The Balaban J connectivity index is 1.56. The number of nitrogens with one attached hydrogen (secondary N) is 2. The molecule has 52 heavy (non-hydrogen) atoms. The zero-order valence-corrected chi connectivity index (χ0v) is 32.0. The highest BCUT2D eigenvalue weighted by molar-refractivity contribution is 7.89. The summed E-state index contributed by atoms with van der Waals surface area (Å²) < 4.78 is 34.7. The number of oxime groups is 1. The number of carbonyl (C=O) groups excluding carboxylic acids is 2. The number of aromatic nitrogens is 1. The number of nitrogens with zero attached hydrogens (tertiary/aromatic N) is 4. The summed E-state index contributed by atoms with van der Waals surface area (Å²) in [5.41, 5.74) is 2.08. The molecule has 0 saturated heterocycles. The van der Waals surface area contributed by atoms with Gasteiger partial charge in [0.2, 0.25) is 15.9 Å². The highest BCUT2D eigenvalue weighted by atomic mass is 32.2. The summed E-state index contributed by atoms with van der Waals surface area (Å²) >= 11 is 1.44. The molecular formula is C37H52N6O7S2. The van der Waals surface area contributed by atoms with Gasteiger partial charge in [-0.15, -0.1) is 11.3 Å². The molecule has 15 heteroatoms. The van der Waals surface area contributed by atoms with Crippen molar-refractivity contribution in [1.29, 1.82) is 0 Å². The number of urea groups is 1. The molecule has 1 aliphatic rings. The third-order valence-electron chi connectivity index (χ3n) is 9.53. The molecule has 3 amide bonds. The number of aliphatic hydroxyl groups excluding tert-OH is 1. The van der Waals surface area contributed by atoms with Gasteiger partial charge in [0.15, 0.2) is 0 Å². The largest absolute Gasteiger partial charge is 0.411 e. The first-order valence-corrected chi connectivity index (χ1v) is 20.0. The van der Waals surface area contributed by atoms with Crippen molar-refractivity contribution in [1.82, 2.24) is 24.8 Å². The Morgan fingerprint density at radius 2 is 1.81 bits per heavy atom. The predicted molar refractivity (Wildman–Crippen MR) is 201 cm³/mol. The molecule has 0 unspecified atom stereocenters. The Morgan fingerprint density at radius 3 is 2.44 bits per heavy atom. The van der Waals surface area contributed by atoms with Crippen LogP contribution in [0.3, 0.4) is 0 Å². The second-order valence-electron chi connectivity index (χ2n) is 13.5. The number of hydrogen-bond acceptors (Lipinski definition) is 10. The van der Waals surface area contributed by atoms with Crippen molar-refractivity contribution in [3.63, 3.8) is 0 Å². The number of carbonyl (C=O) groups is 2. The predicted octanol–water partition coefficient (Wildman–Crippen LogP) is 4.62. The van der Waals surface area contributed by atoms with Crippen LogP contribution in [0.4, 0.5) is 4.79 Å². The summed E-state index contributed by atoms with van der Waals surface area (Å²) in [6.45, 7) is 4.40. The van der Waals surface area contributed by atoms with E-state index >= 15 is 0 Å². The number of hydrogen-bond donors (Lipinski definition) is 4. The second-order valence-corrected chi connectivity index (χ2v) is 16.4. The Morgan fingerprint density at radius 1 is 1.12 bits per heavy atom. The van der Waals surface area contributed by atoms with Gasteiger partial charge in [0, 0.05) is 32.6 Å². The van der Waals surface area contributed by atoms with Crippen molar-refractivity contribution in [3.05, 3.63) is 81.8 Å². The lowest BCUT2D eigenvalue weighted by Gasteiger charge is -2.33.